The van der Waals surface area contributed by atoms with Crippen LogP contribution in [0.4, 0.5) is 0 Å². The second-order valence-electron chi connectivity index (χ2n) is 9.63. The Morgan fingerprint density at radius 1 is 1.07 bits per heavy atom. The van der Waals surface area contributed by atoms with E-state index < -0.39 is 6.04 Å². The van der Waals surface area contributed by atoms with E-state index >= 15 is 0 Å². The van der Waals surface area contributed by atoms with Crippen molar-refractivity contribution in [1.82, 2.24) is 25.2 Å². The third-order valence-electron chi connectivity index (χ3n) is 7.05. The number of nitrogens with zero attached hydrogens (tertiary/aromatic N) is 4. The summed E-state index contributed by atoms with van der Waals surface area (Å²) in [5.74, 6) is 0.376. The van der Waals surface area contributed by atoms with Crippen molar-refractivity contribution in [3.63, 3.8) is 0 Å². The Hall–Kier alpha value is -4.44. The molecule has 1 saturated heterocycles. The summed E-state index contributed by atoms with van der Waals surface area (Å²) in [6, 6.07) is 21.3. The van der Waals surface area contributed by atoms with E-state index in [1.165, 1.54) is 7.11 Å². The molecule has 3 aromatic carbocycles. The monoisotopic (exact) mass is 543 g/mol. The van der Waals surface area contributed by atoms with E-state index in [1.807, 2.05) is 54.6 Å². The minimum absolute atomic E-state index is 0.0953. The van der Waals surface area contributed by atoms with E-state index in [4.69, 9.17) is 14.2 Å². The highest BCUT2D eigenvalue weighted by atomic mass is 16.5. The minimum atomic E-state index is -1.01. The van der Waals surface area contributed by atoms with Gasteiger partial charge in [0.1, 0.15) is 29.6 Å². The fourth-order valence-corrected chi connectivity index (χ4v) is 5.00. The highest BCUT2D eigenvalue weighted by Crippen LogP contribution is 2.34. The van der Waals surface area contributed by atoms with Gasteiger partial charge in [-0.05, 0) is 48.7 Å². The largest absolute Gasteiger partial charge is 0.497 e. The lowest BCUT2D eigenvalue weighted by atomic mass is 10.0. The molecule has 40 heavy (non-hydrogen) atoms. The van der Waals surface area contributed by atoms with Gasteiger partial charge in [0.25, 0.3) is 0 Å². The quantitative estimate of drug-likeness (QED) is 0.308. The number of para-hydroxylation sites is 1. The lowest BCUT2D eigenvalue weighted by Gasteiger charge is -2.34. The lowest BCUT2D eigenvalue weighted by molar-refractivity contribution is -0.143. The zero-order valence-electron chi connectivity index (χ0n) is 22.7. The number of methoxy groups -OCH3 is 2. The first-order chi connectivity index (χ1) is 19.6. The number of hydrogen-bond donors (Lipinski definition) is 1. The molecular weight excluding hydrogens is 510 g/mol. The molecule has 1 N–H and O–H groups in total. The van der Waals surface area contributed by atoms with Crippen LogP contribution in [0.2, 0.25) is 0 Å². The predicted molar refractivity (Wildman–Crippen MR) is 149 cm³/mol. The van der Waals surface area contributed by atoms with Crippen LogP contribution in [0.5, 0.6) is 11.5 Å². The van der Waals surface area contributed by atoms with Crippen LogP contribution in [0.15, 0.2) is 72.8 Å². The van der Waals surface area contributed by atoms with Crippen molar-refractivity contribution in [2.24, 2.45) is 0 Å². The minimum Gasteiger partial charge on any atom is -0.497 e. The summed E-state index contributed by atoms with van der Waals surface area (Å²) >= 11 is 0. The van der Waals surface area contributed by atoms with E-state index in [2.05, 4.69) is 15.6 Å². The smallest absolute Gasteiger partial charge is 0.247 e. The summed E-state index contributed by atoms with van der Waals surface area (Å²) in [6.07, 6.45) is 1.50. The van der Waals surface area contributed by atoms with Gasteiger partial charge < -0.3 is 24.4 Å². The molecule has 0 saturated carbocycles. The summed E-state index contributed by atoms with van der Waals surface area (Å²) in [7, 11) is 3.10. The van der Waals surface area contributed by atoms with Gasteiger partial charge in [-0.15, -0.1) is 5.10 Å². The van der Waals surface area contributed by atoms with E-state index in [0.29, 0.717) is 35.7 Å². The van der Waals surface area contributed by atoms with Gasteiger partial charge in [0.2, 0.25) is 11.8 Å². The number of fused-ring (bicyclic) bond motifs is 1. The highest BCUT2D eigenvalue weighted by molar-refractivity contribution is 5.90. The van der Waals surface area contributed by atoms with Crippen molar-refractivity contribution in [3.05, 3.63) is 83.9 Å². The molecule has 0 aliphatic carbocycles. The molecule has 10 heteroatoms. The van der Waals surface area contributed by atoms with Gasteiger partial charge in [0, 0.05) is 25.3 Å². The van der Waals surface area contributed by atoms with Crippen LogP contribution in [-0.2, 0) is 27.4 Å². The van der Waals surface area contributed by atoms with Crippen LogP contribution < -0.4 is 14.8 Å². The number of carbonyl (C=O) groups is 2. The molecule has 2 atom stereocenters. The van der Waals surface area contributed by atoms with Gasteiger partial charge in [-0.3, -0.25) is 9.59 Å². The number of amides is 2. The molecule has 1 aromatic heterocycles. The molecule has 1 fully saturated rings. The fourth-order valence-electron chi connectivity index (χ4n) is 5.00. The maximum absolute atomic E-state index is 14.1. The average Bonchev–Trinajstić information content (AvgIpc) is 3.66. The van der Waals surface area contributed by atoms with E-state index in [-0.39, 0.29) is 31.0 Å². The highest BCUT2D eigenvalue weighted by Gasteiger charge is 2.36. The topological polar surface area (TPSA) is 108 Å². The average molecular weight is 544 g/mol. The number of nitrogens with one attached hydrogen (secondary N) is 1. The second kappa shape index (κ2) is 12.6. The summed E-state index contributed by atoms with van der Waals surface area (Å²) in [4.78, 5) is 29.7. The number of rotatable bonds is 11. The van der Waals surface area contributed by atoms with Crippen molar-refractivity contribution in [1.29, 1.82) is 0 Å². The number of ether oxygens (including phenoxy) is 3. The molecule has 4 aromatic rings. The number of aromatic nitrogens is 3. The molecule has 2 unspecified atom stereocenters. The summed E-state index contributed by atoms with van der Waals surface area (Å²) < 4.78 is 18.6. The Balaban J connectivity index is 1.53. The number of benzene rings is 3. The van der Waals surface area contributed by atoms with Gasteiger partial charge in [0.15, 0.2) is 0 Å². The molecule has 5 rings (SSSR count). The summed E-state index contributed by atoms with van der Waals surface area (Å²) in [5, 5.41) is 11.4. The molecule has 0 bridgehead atoms. The zero-order chi connectivity index (χ0) is 27.9. The Bertz CT molecular complexity index is 1450. The first kappa shape index (κ1) is 27.1. The van der Waals surface area contributed by atoms with Gasteiger partial charge in [-0.1, -0.05) is 47.7 Å². The Labute approximate surface area is 232 Å². The molecule has 1 aliphatic rings. The van der Waals surface area contributed by atoms with Crippen LogP contribution in [0.1, 0.15) is 30.0 Å². The molecule has 2 heterocycles. The standard InChI is InChI=1S/C30H33N5O5/c1-38-22-14-15-27(39-2)24(17-22)29(30(37)31-18-21-9-4-3-5-10-21)34(19-23-11-8-16-40-23)28(36)20-35-26-13-7-6-12-25(26)32-33-35/h3-7,9-10,12-15,17,23,29H,8,11,16,18-20H2,1-2H3,(H,31,37). The molecule has 10 nitrogen and oxygen atoms in total. The third-order valence-corrected chi connectivity index (χ3v) is 7.05. The van der Waals surface area contributed by atoms with Gasteiger partial charge in [-0.25, -0.2) is 4.68 Å². The lowest BCUT2D eigenvalue weighted by Crippen LogP contribution is -2.47. The molecule has 2 amide bonds. The maximum atomic E-state index is 14.1. The molecule has 0 radical (unpaired) electrons. The number of hydrogen-bond acceptors (Lipinski definition) is 7. The van der Waals surface area contributed by atoms with E-state index in [9.17, 15) is 9.59 Å². The summed E-state index contributed by atoms with van der Waals surface area (Å²) in [6.45, 7) is 1.06. The zero-order valence-corrected chi connectivity index (χ0v) is 22.7. The Kier molecular flexibility index (Phi) is 8.56. The first-order valence-electron chi connectivity index (χ1n) is 13.3. The Morgan fingerprint density at radius 3 is 2.62 bits per heavy atom. The molecular formula is C30H33N5O5. The van der Waals surface area contributed by atoms with Crippen molar-refractivity contribution in [2.75, 3.05) is 27.4 Å². The number of carbonyl (C=O) groups excluding carboxylic acids is 2. The Morgan fingerprint density at radius 2 is 1.88 bits per heavy atom. The summed E-state index contributed by atoms with van der Waals surface area (Å²) in [5.41, 5.74) is 2.88. The normalized spacial score (nSPS) is 15.5. The van der Waals surface area contributed by atoms with Crippen LogP contribution in [0.25, 0.3) is 11.0 Å². The van der Waals surface area contributed by atoms with Crippen LogP contribution >= 0.6 is 0 Å². The van der Waals surface area contributed by atoms with Crippen LogP contribution in [0, 0.1) is 0 Å². The third kappa shape index (κ3) is 6.07. The van der Waals surface area contributed by atoms with Gasteiger partial charge >= 0.3 is 0 Å². The first-order valence-corrected chi connectivity index (χ1v) is 13.3. The SMILES string of the molecule is COc1ccc(OC)c(C(C(=O)NCc2ccccc2)N(CC2CCCO2)C(=O)Cn2nnc3ccccc32)c1. The molecule has 1 aliphatic heterocycles. The van der Waals surface area contributed by atoms with Crippen LogP contribution in [-0.4, -0.2) is 65.2 Å². The fraction of sp³-hybridized carbons (Fsp3) is 0.333. The van der Waals surface area contributed by atoms with E-state index in [0.717, 1.165) is 23.9 Å². The second-order valence-corrected chi connectivity index (χ2v) is 9.63. The van der Waals surface area contributed by atoms with Crippen molar-refractivity contribution < 1.29 is 23.8 Å². The van der Waals surface area contributed by atoms with Gasteiger partial charge in [-0.2, -0.15) is 0 Å². The molecule has 208 valence electrons. The van der Waals surface area contributed by atoms with Crippen molar-refractivity contribution in [3.8, 4) is 11.5 Å². The van der Waals surface area contributed by atoms with E-state index in [1.54, 1.807) is 34.9 Å². The van der Waals surface area contributed by atoms with Gasteiger partial charge in [0.05, 0.1) is 25.8 Å². The maximum Gasteiger partial charge on any atom is 0.247 e. The van der Waals surface area contributed by atoms with Crippen molar-refractivity contribution >= 4 is 22.8 Å². The van der Waals surface area contributed by atoms with Crippen molar-refractivity contribution in [2.45, 2.75) is 38.1 Å². The van der Waals surface area contributed by atoms with Crippen LogP contribution in [0.3, 0.4) is 0 Å². The molecule has 0 spiro atoms. The predicted octanol–water partition coefficient (Wildman–Crippen LogP) is 3.51.